The lowest BCUT2D eigenvalue weighted by Gasteiger charge is -2.33. The topological polar surface area (TPSA) is 78.0 Å². The van der Waals surface area contributed by atoms with Crippen LogP contribution in [0.3, 0.4) is 0 Å². The van der Waals surface area contributed by atoms with E-state index in [2.05, 4.69) is 27.1 Å². The lowest BCUT2D eigenvalue weighted by molar-refractivity contribution is -0.135. The number of amides is 2. The average Bonchev–Trinajstić information content (AvgIpc) is 3.13. The molecule has 29 heavy (non-hydrogen) atoms. The third-order valence-electron chi connectivity index (χ3n) is 6.50. The minimum atomic E-state index is -0.165. The predicted octanol–water partition coefficient (Wildman–Crippen LogP) is 0.0937. The van der Waals surface area contributed by atoms with Crippen LogP contribution in [0.5, 0.6) is 0 Å². The van der Waals surface area contributed by atoms with Crippen LogP contribution in [0.25, 0.3) is 0 Å². The van der Waals surface area contributed by atoms with E-state index in [-0.39, 0.29) is 29.9 Å². The Bertz CT molecular complexity index is 710. The van der Waals surface area contributed by atoms with Crippen molar-refractivity contribution in [1.82, 2.24) is 25.0 Å². The van der Waals surface area contributed by atoms with Gasteiger partial charge >= 0.3 is 0 Å². The van der Waals surface area contributed by atoms with Crippen molar-refractivity contribution in [3.63, 3.8) is 0 Å². The molecule has 0 saturated carbocycles. The Balaban J connectivity index is 1.37. The summed E-state index contributed by atoms with van der Waals surface area (Å²) >= 11 is 0. The van der Waals surface area contributed by atoms with Gasteiger partial charge in [-0.05, 0) is 32.0 Å². The molecule has 3 saturated heterocycles. The normalized spacial score (nSPS) is 28.7. The van der Waals surface area contributed by atoms with Gasteiger partial charge in [-0.3, -0.25) is 24.4 Å². The number of pyridine rings is 1. The molecule has 0 aromatic carbocycles. The van der Waals surface area contributed by atoms with Crippen molar-refractivity contribution in [3.05, 3.63) is 30.1 Å². The molecular formula is C21H31N5O3. The average molecular weight is 402 g/mol. The first-order valence-electron chi connectivity index (χ1n) is 10.6. The molecule has 158 valence electrons. The lowest BCUT2D eigenvalue weighted by Crippen LogP contribution is -2.49. The van der Waals surface area contributed by atoms with Crippen molar-refractivity contribution in [2.24, 2.45) is 0 Å². The molecule has 3 aliphatic rings. The van der Waals surface area contributed by atoms with Crippen LogP contribution in [0.15, 0.2) is 24.4 Å². The number of likely N-dealkylation sites (tertiary alicyclic amines) is 1. The van der Waals surface area contributed by atoms with Crippen LogP contribution >= 0.6 is 0 Å². The van der Waals surface area contributed by atoms with Gasteiger partial charge in [0.1, 0.15) is 6.04 Å². The van der Waals surface area contributed by atoms with Gasteiger partial charge in [-0.1, -0.05) is 6.07 Å². The van der Waals surface area contributed by atoms with Gasteiger partial charge in [0.05, 0.1) is 18.9 Å². The molecule has 1 aromatic heterocycles. The van der Waals surface area contributed by atoms with Crippen molar-refractivity contribution < 1.29 is 14.3 Å². The molecule has 1 N–H and O–H groups in total. The van der Waals surface area contributed by atoms with Crippen molar-refractivity contribution in [3.8, 4) is 0 Å². The number of carbonyl (C=O) groups excluding carboxylic acids is 2. The molecular weight excluding hydrogens is 370 g/mol. The van der Waals surface area contributed by atoms with E-state index in [1.165, 1.54) is 0 Å². The van der Waals surface area contributed by atoms with Gasteiger partial charge in [0.15, 0.2) is 0 Å². The van der Waals surface area contributed by atoms with E-state index < -0.39 is 0 Å². The molecule has 4 rings (SSSR count). The van der Waals surface area contributed by atoms with Gasteiger partial charge in [-0.15, -0.1) is 0 Å². The van der Waals surface area contributed by atoms with E-state index in [9.17, 15) is 9.59 Å². The fraction of sp³-hybridized carbons (Fsp3) is 0.667. The highest BCUT2D eigenvalue weighted by molar-refractivity contribution is 5.83. The van der Waals surface area contributed by atoms with Crippen molar-refractivity contribution in [2.45, 2.75) is 43.9 Å². The Morgan fingerprint density at radius 3 is 2.86 bits per heavy atom. The summed E-state index contributed by atoms with van der Waals surface area (Å²) in [4.78, 5) is 36.3. The number of carbonyl (C=O) groups is 2. The molecule has 8 nitrogen and oxygen atoms in total. The second-order valence-electron chi connectivity index (χ2n) is 8.19. The summed E-state index contributed by atoms with van der Waals surface area (Å²) in [7, 11) is 2.10. The molecule has 0 unspecified atom stereocenters. The summed E-state index contributed by atoms with van der Waals surface area (Å²) in [5.41, 5.74) is 0.987. The van der Waals surface area contributed by atoms with Gasteiger partial charge in [0.2, 0.25) is 11.8 Å². The van der Waals surface area contributed by atoms with Gasteiger partial charge in [-0.2, -0.15) is 0 Å². The largest absolute Gasteiger partial charge is 0.378 e. The van der Waals surface area contributed by atoms with E-state index in [4.69, 9.17) is 4.74 Å². The SMILES string of the molecule is CN1[C@@H](CCC(=O)N2CCOCC2)CNC(=O)[C@@H]2[C@@H]1CCN2Cc1ccccn1. The van der Waals surface area contributed by atoms with Crippen LogP contribution in [0.2, 0.25) is 0 Å². The van der Waals surface area contributed by atoms with E-state index in [0.29, 0.717) is 45.8 Å². The second-order valence-corrected chi connectivity index (χ2v) is 8.19. The number of morpholine rings is 1. The monoisotopic (exact) mass is 401 g/mol. The maximum Gasteiger partial charge on any atom is 0.239 e. The zero-order valence-corrected chi connectivity index (χ0v) is 17.1. The van der Waals surface area contributed by atoms with Crippen LogP contribution < -0.4 is 5.32 Å². The van der Waals surface area contributed by atoms with Crippen LogP contribution in [-0.4, -0.2) is 96.1 Å². The third kappa shape index (κ3) is 4.60. The summed E-state index contributed by atoms with van der Waals surface area (Å²) in [6.07, 6.45) is 4.02. The smallest absolute Gasteiger partial charge is 0.239 e. The fourth-order valence-electron chi connectivity index (χ4n) is 4.79. The van der Waals surface area contributed by atoms with Crippen molar-refractivity contribution in [2.75, 3.05) is 46.4 Å². The van der Waals surface area contributed by atoms with Gasteiger partial charge < -0.3 is 15.0 Å². The molecule has 0 bridgehead atoms. The van der Waals surface area contributed by atoms with Gasteiger partial charge in [0.25, 0.3) is 0 Å². The first kappa shape index (κ1) is 20.3. The maximum absolute atomic E-state index is 12.9. The van der Waals surface area contributed by atoms with Gasteiger partial charge in [0, 0.05) is 57.4 Å². The molecule has 4 heterocycles. The Morgan fingerprint density at radius 1 is 1.28 bits per heavy atom. The predicted molar refractivity (Wildman–Crippen MR) is 108 cm³/mol. The van der Waals surface area contributed by atoms with Crippen LogP contribution in [0.4, 0.5) is 0 Å². The summed E-state index contributed by atoms with van der Waals surface area (Å²) in [6.45, 7) is 4.77. The van der Waals surface area contributed by atoms with Gasteiger partial charge in [-0.25, -0.2) is 0 Å². The summed E-state index contributed by atoms with van der Waals surface area (Å²) in [6, 6.07) is 6.08. The number of nitrogens with one attached hydrogen (secondary N) is 1. The molecule has 8 heteroatoms. The zero-order valence-electron chi connectivity index (χ0n) is 17.1. The molecule has 3 atom stereocenters. The number of likely N-dealkylation sites (N-methyl/N-ethyl adjacent to an activating group) is 1. The number of rotatable bonds is 5. The summed E-state index contributed by atoms with van der Waals surface area (Å²) in [5, 5.41) is 3.13. The molecule has 2 amide bonds. The zero-order chi connectivity index (χ0) is 20.2. The van der Waals surface area contributed by atoms with E-state index in [0.717, 1.165) is 25.1 Å². The fourth-order valence-corrected chi connectivity index (χ4v) is 4.79. The van der Waals surface area contributed by atoms with E-state index in [1.807, 2.05) is 23.1 Å². The quantitative estimate of drug-likeness (QED) is 0.754. The van der Waals surface area contributed by atoms with Crippen LogP contribution in [0, 0.1) is 0 Å². The highest BCUT2D eigenvalue weighted by atomic mass is 16.5. The molecule has 3 aliphatic heterocycles. The first-order chi connectivity index (χ1) is 14.1. The minimum Gasteiger partial charge on any atom is -0.378 e. The lowest BCUT2D eigenvalue weighted by atomic mass is 10.0. The van der Waals surface area contributed by atoms with E-state index >= 15 is 0 Å². The number of nitrogens with zero attached hydrogens (tertiary/aromatic N) is 4. The standard InChI is InChI=1S/C21H31N5O3/c1-24-17(5-6-19(27)25-10-12-29-13-11-25)14-23-21(28)20-18(24)7-9-26(20)15-16-4-2-3-8-22-16/h2-4,8,17-18,20H,5-7,9-15H2,1H3,(H,23,28)/t17-,18-,20-/m0/s1. The molecule has 1 aromatic rings. The van der Waals surface area contributed by atoms with Crippen LogP contribution in [-0.2, 0) is 20.9 Å². The van der Waals surface area contributed by atoms with Crippen LogP contribution in [0.1, 0.15) is 25.0 Å². The summed E-state index contributed by atoms with van der Waals surface area (Å²) in [5.74, 6) is 0.286. The minimum absolute atomic E-state index is 0.0947. The molecule has 3 fully saturated rings. The Morgan fingerprint density at radius 2 is 2.10 bits per heavy atom. The molecule has 0 spiro atoms. The number of aromatic nitrogens is 1. The third-order valence-corrected chi connectivity index (χ3v) is 6.50. The van der Waals surface area contributed by atoms with E-state index in [1.54, 1.807) is 6.20 Å². The maximum atomic E-state index is 12.9. The Kier molecular flexibility index (Phi) is 6.42. The highest BCUT2D eigenvalue weighted by Gasteiger charge is 2.45. The van der Waals surface area contributed by atoms with Crippen molar-refractivity contribution in [1.29, 1.82) is 0 Å². The number of hydrogen-bond acceptors (Lipinski definition) is 6. The first-order valence-corrected chi connectivity index (χ1v) is 10.6. The highest BCUT2D eigenvalue weighted by Crippen LogP contribution is 2.28. The number of hydrogen-bond donors (Lipinski definition) is 1. The second kappa shape index (κ2) is 9.19. The Hall–Kier alpha value is -2.03. The number of fused-ring (bicyclic) bond motifs is 1. The number of ether oxygens (including phenoxy) is 1. The molecule has 0 aliphatic carbocycles. The summed E-state index contributed by atoms with van der Waals surface area (Å²) < 4.78 is 5.33. The van der Waals surface area contributed by atoms with Crippen molar-refractivity contribution >= 4 is 11.8 Å². The molecule has 0 radical (unpaired) electrons. The Labute approximate surface area is 172 Å².